The Balaban J connectivity index is 3.20. The fraction of sp³-hybridized carbons (Fsp3) is 0.400. The number of sulfonamides is 1. The third kappa shape index (κ3) is 2.95. The monoisotopic (exact) mass is 280 g/mol. The molecular formula is C10H14F2N2O3S. The van der Waals surface area contributed by atoms with Crippen molar-refractivity contribution in [1.82, 2.24) is 4.31 Å². The molecule has 2 N–H and O–H groups in total. The summed E-state index contributed by atoms with van der Waals surface area (Å²) in [5.74, 6) is -2.42. The van der Waals surface area contributed by atoms with Crippen LogP contribution in [0.2, 0.25) is 0 Å². The number of benzene rings is 1. The lowest BCUT2D eigenvalue weighted by Crippen LogP contribution is -2.31. The van der Waals surface area contributed by atoms with E-state index in [9.17, 15) is 17.2 Å². The van der Waals surface area contributed by atoms with Gasteiger partial charge in [0.1, 0.15) is 11.6 Å². The van der Waals surface area contributed by atoms with Gasteiger partial charge in [0.05, 0.1) is 6.61 Å². The Morgan fingerprint density at radius 1 is 1.33 bits per heavy atom. The Kier molecular flexibility index (Phi) is 4.60. The number of hydrogen-bond acceptors (Lipinski definition) is 4. The summed E-state index contributed by atoms with van der Waals surface area (Å²) >= 11 is 0. The Morgan fingerprint density at radius 2 is 1.83 bits per heavy atom. The van der Waals surface area contributed by atoms with Crippen molar-refractivity contribution in [2.45, 2.75) is 4.90 Å². The summed E-state index contributed by atoms with van der Waals surface area (Å²) in [5, 5.41) is 0. The minimum Gasteiger partial charge on any atom is -0.399 e. The highest BCUT2D eigenvalue weighted by Crippen LogP contribution is 2.24. The highest BCUT2D eigenvalue weighted by molar-refractivity contribution is 7.89. The molecule has 5 nitrogen and oxygen atoms in total. The molecule has 8 heteroatoms. The zero-order valence-corrected chi connectivity index (χ0v) is 10.8. The number of halogens is 2. The van der Waals surface area contributed by atoms with Crippen molar-refractivity contribution in [2.75, 3.05) is 33.0 Å². The second-order valence-electron chi connectivity index (χ2n) is 3.63. The predicted molar refractivity (Wildman–Crippen MR) is 62.5 cm³/mol. The molecule has 1 aromatic rings. The van der Waals surface area contributed by atoms with Crippen LogP contribution in [0.25, 0.3) is 0 Å². The van der Waals surface area contributed by atoms with Crippen molar-refractivity contribution < 1.29 is 21.9 Å². The van der Waals surface area contributed by atoms with Gasteiger partial charge in [-0.25, -0.2) is 17.2 Å². The number of methoxy groups -OCH3 is 1. The molecule has 0 saturated carbocycles. The van der Waals surface area contributed by atoms with Gasteiger partial charge in [0, 0.05) is 26.4 Å². The molecule has 0 aliphatic rings. The van der Waals surface area contributed by atoms with E-state index in [1.54, 1.807) is 0 Å². The summed E-state index contributed by atoms with van der Waals surface area (Å²) in [4.78, 5) is -1.00. The van der Waals surface area contributed by atoms with Crippen LogP contribution >= 0.6 is 0 Å². The molecule has 0 bridgehead atoms. The minimum absolute atomic E-state index is 0.0118. The normalized spacial score (nSPS) is 12.1. The zero-order valence-electron chi connectivity index (χ0n) is 9.98. The lowest BCUT2D eigenvalue weighted by Gasteiger charge is -2.17. The van der Waals surface area contributed by atoms with Crippen LogP contribution < -0.4 is 5.73 Å². The third-order valence-corrected chi connectivity index (χ3v) is 4.21. The van der Waals surface area contributed by atoms with E-state index in [4.69, 9.17) is 10.5 Å². The van der Waals surface area contributed by atoms with Gasteiger partial charge >= 0.3 is 0 Å². The molecule has 0 unspecified atom stereocenters. The summed E-state index contributed by atoms with van der Waals surface area (Å²) in [5.41, 5.74) is 5.04. The SMILES string of the molecule is COCCN(C)S(=O)(=O)c1c(F)cc(N)cc1F. The van der Waals surface area contributed by atoms with Crippen molar-refractivity contribution in [3.63, 3.8) is 0 Å². The Hall–Kier alpha value is -1.25. The first kappa shape index (κ1) is 14.8. The molecular weight excluding hydrogens is 266 g/mol. The van der Waals surface area contributed by atoms with Crippen molar-refractivity contribution >= 4 is 15.7 Å². The molecule has 0 spiro atoms. The summed E-state index contributed by atoms with van der Waals surface area (Å²) in [6.07, 6.45) is 0. The van der Waals surface area contributed by atoms with Gasteiger partial charge in [-0.2, -0.15) is 4.31 Å². The molecule has 0 atom stereocenters. The fourth-order valence-electron chi connectivity index (χ4n) is 1.32. The first-order valence-corrected chi connectivity index (χ1v) is 6.44. The number of nitrogen functional groups attached to an aromatic ring is 1. The molecule has 102 valence electrons. The van der Waals surface area contributed by atoms with E-state index in [2.05, 4.69) is 0 Å². The van der Waals surface area contributed by atoms with Gasteiger partial charge < -0.3 is 10.5 Å². The maximum absolute atomic E-state index is 13.5. The van der Waals surface area contributed by atoms with Gasteiger partial charge in [-0.1, -0.05) is 0 Å². The summed E-state index contributed by atoms with van der Waals surface area (Å²) in [6, 6.07) is 1.53. The van der Waals surface area contributed by atoms with Gasteiger partial charge in [0.2, 0.25) is 10.0 Å². The first-order valence-electron chi connectivity index (χ1n) is 5.00. The average Bonchev–Trinajstić information content (AvgIpc) is 2.23. The first-order chi connectivity index (χ1) is 8.30. The smallest absolute Gasteiger partial charge is 0.248 e. The van der Waals surface area contributed by atoms with Gasteiger partial charge in [0.15, 0.2) is 4.90 Å². The fourth-order valence-corrected chi connectivity index (χ4v) is 2.56. The van der Waals surface area contributed by atoms with Gasteiger partial charge in [-0.05, 0) is 12.1 Å². The molecule has 0 aliphatic heterocycles. The number of anilines is 1. The van der Waals surface area contributed by atoms with Crippen LogP contribution in [-0.2, 0) is 14.8 Å². The number of ether oxygens (including phenoxy) is 1. The molecule has 0 aromatic heterocycles. The zero-order chi connectivity index (χ0) is 13.9. The summed E-state index contributed by atoms with van der Waals surface area (Å²) in [6.45, 7) is 0.107. The molecule has 1 aromatic carbocycles. The molecule has 1 rings (SSSR count). The van der Waals surface area contributed by atoms with Crippen LogP contribution in [0.3, 0.4) is 0 Å². The maximum atomic E-state index is 13.5. The van der Waals surface area contributed by atoms with E-state index in [0.29, 0.717) is 0 Å². The van der Waals surface area contributed by atoms with E-state index in [1.807, 2.05) is 0 Å². The molecule has 0 fully saturated rings. The lowest BCUT2D eigenvalue weighted by molar-refractivity contribution is 0.185. The molecule has 0 amide bonds. The van der Waals surface area contributed by atoms with Gasteiger partial charge in [0.25, 0.3) is 0 Å². The summed E-state index contributed by atoms with van der Waals surface area (Å²) < 4.78 is 56.5. The standard InChI is InChI=1S/C10H14F2N2O3S/c1-14(3-4-17-2)18(15,16)10-8(11)5-7(13)6-9(10)12/h5-6H,3-4,13H2,1-2H3. The van der Waals surface area contributed by atoms with E-state index < -0.39 is 26.6 Å². The van der Waals surface area contributed by atoms with Crippen LogP contribution in [0.4, 0.5) is 14.5 Å². The highest BCUT2D eigenvalue weighted by Gasteiger charge is 2.28. The number of hydrogen-bond donors (Lipinski definition) is 1. The Labute approximate surface area is 104 Å². The van der Waals surface area contributed by atoms with Crippen LogP contribution in [0.5, 0.6) is 0 Å². The minimum atomic E-state index is -4.24. The van der Waals surface area contributed by atoms with Gasteiger partial charge in [-0.15, -0.1) is 0 Å². The van der Waals surface area contributed by atoms with Crippen LogP contribution in [-0.4, -0.2) is 40.0 Å². The second-order valence-corrected chi connectivity index (χ2v) is 5.61. The van der Waals surface area contributed by atoms with Crippen LogP contribution in [0.15, 0.2) is 17.0 Å². The molecule has 0 aliphatic carbocycles. The van der Waals surface area contributed by atoms with E-state index >= 15 is 0 Å². The van der Waals surface area contributed by atoms with Crippen LogP contribution in [0, 0.1) is 11.6 Å². The quantitative estimate of drug-likeness (QED) is 0.810. The topological polar surface area (TPSA) is 72.6 Å². The predicted octanol–water partition coefficient (Wildman–Crippen LogP) is 0.814. The van der Waals surface area contributed by atoms with E-state index in [1.165, 1.54) is 14.2 Å². The van der Waals surface area contributed by atoms with E-state index in [-0.39, 0.29) is 18.8 Å². The number of rotatable bonds is 5. The van der Waals surface area contributed by atoms with Crippen LogP contribution in [0.1, 0.15) is 0 Å². The Morgan fingerprint density at radius 3 is 2.28 bits per heavy atom. The van der Waals surface area contributed by atoms with Crippen molar-refractivity contribution in [1.29, 1.82) is 0 Å². The third-order valence-electron chi connectivity index (χ3n) is 2.30. The van der Waals surface area contributed by atoms with E-state index in [0.717, 1.165) is 16.4 Å². The second kappa shape index (κ2) is 5.59. The number of nitrogens with two attached hydrogens (primary N) is 1. The molecule has 0 saturated heterocycles. The maximum Gasteiger partial charge on any atom is 0.248 e. The highest BCUT2D eigenvalue weighted by atomic mass is 32.2. The van der Waals surface area contributed by atoms with Crippen molar-refractivity contribution in [2.24, 2.45) is 0 Å². The molecule has 0 heterocycles. The molecule has 0 radical (unpaired) electrons. The Bertz CT molecular complexity index is 511. The van der Waals surface area contributed by atoms with Crippen molar-refractivity contribution in [3.8, 4) is 0 Å². The van der Waals surface area contributed by atoms with Crippen molar-refractivity contribution in [3.05, 3.63) is 23.8 Å². The largest absolute Gasteiger partial charge is 0.399 e. The summed E-state index contributed by atoms with van der Waals surface area (Å²) in [7, 11) is -1.64. The lowest BCUT2D eigenvalue weighted by atomic mass is 10.3. The number of nitrogens with zero attached hydrogens (tertiary/aromatic N) is 1. The number of likely N-dealkylation sites (N-methyl/N-ethyl adjacent to an activating group) is 1. The average molecular weight is 280 g/mol. The van der Waals surface area contributed by atoms with Gasteiger partial charge in [-0.3, -0.25) is 0 Å². The molecule has 18 heavy (non-hydrogen) atoms.